The molecule has 1 fully saturated rings. The normalized spacial score (nSPS) is 15.0. The summed E-state index contributed by atoms with van der Waals surface area (Å²) in [5, 5.41) is 0. The molecule has 0 aromatic carbocycles. The number of hydrogen-bond donors (Lipinski definition) is 0. The van der Waals surface area contributed by atoms with Gasteiger partial charge in [-0.1, -0.05) is 6.07 Å². The number of piperazine rings is 1. The summed E-state index contributed by atoms with van der Waals surface area (Å²) in [6.45, 7) is 3.58. The summed E-state index contributed by atoms with van der Waals surface area (Å²) in [5.74, 6) is 2.67. The molecule has 4 heterocycles. The first-order valence-electron chi connectivity index (χ1n) is 7.62. The van der Waals surface area contributed by atoms with E-state index in [1.54, 1.807) is 24.9 Å². The van der Waals surface area contributed by atoms with Crippen LogP contribution < -0.4 is 9.80 Å². The van der Waals surface area contributed by atoms with Gasteiger partial charge in [-0.25, -0.2) is 19.9 Å². The first-order valence-corrected chi connectivity index (χ1v) is 7.62. The molecular weight excluding hydrogens is 290 g/mol. The second-order valence-corrected chi connectivity index (χ2v) is 5.35. The summed E-state index contributed by atoms with van der Waals surface area (Å²) in [6, 6.07) is 7.91. The van der Waals surface area contributed by atoms with Gasteiger partial charge in [-0.3, -0.25) is 4.57 Å². The Morgan fingerprint density at radius 1 is 0.783 bits per heavy atom. The van der Waals surface area contributed by atoms with E-state index in [4.69, 9.17) is 4.98 Å². The van der Waals surface area contributed by atoms with Crippen LogP contribution in [0.4, 0.5) is 11.8 Å². The highest BCUT2D eigenvalue weighted by Crippen LogP contribution is 2.17. The van der Waals surface area contributed by atoms with Crippen LogP contribution in [0.15, 0.2) is 55.4 Å². The summed E-state index contributed by atoms with van der Waals surface area (Å²) < 4.78 is 1.91. The second kappa shape index (κ2) is 6.04. The van der Waals surface area contributed by atoms with Crippen LogP contribution in [-0.4, -0.2) is 50.7 Å². The maximum absolute atomic E-state index is 4.74. The number of imidazole rings is 1. The third-order valence-electron chi connectivity index (χ3n) is 3.93. The second-order valence-electron chi connectivity index (χ2n) is 5.35. The van der Waals surface area contributed by atoms with Gasteiger partial charge in [-0.05, 0) is 18.2 Å². The molecule has 1 aliphatic rings. The maximum atomic E-state index is 4.74. The Hall–Kier alpha value is -2.96. The van der Waals surface area contributed by atoms with E-state index in [0.29, 0.717) is 0 Å². The van der Waals surface area contributed by atoms with Gasteiger partial charge < -0.3 is 9.80 Å². The molecule has 0 aliphatic carbocycles. The van der Waals surface area contributed by atoms with E-state index in [1.807, 2.05) is 29.0 Å². The monoisotopic (exact) mass is 307 g/mol. The van der Waals surface area contributed by atoms with Gasteiger partial charge in [0.15, 0.2) is 0 Å². The molecule has 116 valence electrons. The van der Waals surface area contributed by atoms with Gasteiger partial charge in [0.1, 0.15) is 18.0 Å². The van der Waals surface area contributed by atoms with Crippen LogP contribution in [-0.2, 0) is 0 Å². The molecule has 7 nitrogen and oxygen atoms in total. The Balaban J connectivity index is 1.47. The first-order chi connectivity index (χ1) is 11.4. The fourth-order valence-electron chi connectivity index (χ4n) is 2.72. The van der Waals surface area contributed by atoms with Crippen LogP contribution in [0.3, 0.4) is 0 Å². The van der Waals surface area contributed by atoms with Crippen LogP contribution in [0.1, 0.15) is 0 Å². The zero-order valence-corrected chi connectivity index (χ0v) is 12.7. The Bertz CT molecular complexity index is 749. The van der Waals surface area contributed by atoms with Crippen LogP contribution in [0, 0.1) is 0 Å². The highest BCUT2D eigenvalue weighted by Gasteiger charge is 2.19. The molecule has 4 rings (SSSR count). The SMILES string of the molecule is c1cnc(N2CCN(c3cccc(-n4ccnc4)n3)CC2)nc1. The summed E-state index contributed by atoms with van der Waals surface area (Å²) in [4.78, 5) is 21.9. The highest BCUT2D eigenvalue weighted by molar-refractivity contribution is 5.45. The Morgan fingerprint density at radius 3 is 2.26 bits per heavy atom. The van der Waals surface area contributed by atoms with Crippen LogP contribution in [0.25, 0.3) is 5.82 Å². The van der Waals surface area contributed by atoms with Crippen molar-refractivity contribution in [2.24, 2.45) is 0 Å². The average molecular weight is 307 g/mol. The molecule has 0 radical (unpaired) electrons. The molecule has 0 atom stereocenters. The summed E-state index contributed by atoms with van der Waals surface area (Å²) >= 11 is 0. The molecule has 0 unspecified atom stereocenters. The summed E-state index contributed by atoms with van der Waals surface area (Å²) in [6.07, 6.45) is 8.98. The van der Waals surface area contributed by atoms with Crippen molar-refractivity contribution in [3.8, 4) is 5.82 Å². The van der Waals surface area contributed by atoms with Crippen molar-refractivity contribution in [1.82, 2.24) is 24.5 Å². The van der Waals surface area contributed by atoms with Gasteiger partial charge in [0, 0.05) is 51.0 Å². The predicted octanol–water partition coefficient (Wildman–Crippen LogP) is 1.38. The van der Waals surface area contributed by atoms with Crippen molar-refractivity contribution in [3.05, 3.63) is 55.4 Å². The molecule has 0 bridgehead atoms. The standard InChI is InChI=1S/C16H17N7/c1-3-14(20-15(4-1)23-8-7-17-13-23)21-9-11-22(12-10-21)16-18-5-2-6-19-16/h1-8,13H,9-12H2. The van der Waals surface area contributed by atoms with Gasteiger partial charge in [0.05, 0.1) is 0 Å². The largest absolute Gasteiger partial charge is 0.353 e. The van der Waals surface area contributed by atoms with E-state index in [2.05, 4.69) is 30.8 Å². The lowest BCUT2D eigenvalue weighted by atomic mass is 10.3. The minimum absolute atomic E-state index is 0.798. The molecule has 0 N–H and O–H groups in total. The van der Waals surface area contributed by atoms with Gasteiger partial charge in [-0.15, -0.1) is 0 Å². The molecule has 1 aliphatic heterocycles. The predicted molar refractivity (Wildman–Crippen MR) is 87.8 cm³/mol. The number of pyridine rings is 1. The van der Waals surface area contributed by atoms with Gasteiger partial charge in [0.25, 0.3) is 0 Å². The van der Waals surface area contributed by atoms with E-state index in [9.17, 15) is 0 Å². The third-order valence-corrected chi connectivity index (χ3v) is 3.93. The van der Waals surface area contributed by atoms with Gasteiger partial charge in [0.2, 0.25) is 5.95 Å². The van der Waals surface area contributed by atoms with Crippen LogP contribution in [0.2, 0.25) is 0 Å². The molecule has 0 amide bonds. The zero-order chi connectivity index (χ0) is 15.5. The lowest BCUT2D eigenvalue weighted by Gasteiger charge is -2.35. The van der Waals surface area contributed by atoms with E-state index in [1.165, 1.54) is 0 Å². The molecule has 23 heavy (non-hydrogen) atoms. The topological polar surface area (TPSA) is 63.0 Å². The fraction of sp³-hybridized carbons (Fsp3) is 0.250. The van der Waals surface area contributed by atoms with Crippen molar-refractivity contribution in [3.63, 3.8) is 0 Å². The number of aromatic nitrogens is 5. The Labute approximate surface area is 134 Å². The minimum Gasteiger partial charge on any atom is -0.353 e. The molecule has 0 spiro atoms. The summed E-state index contributed by atoms with van der Waals surface area (Å²) in [7, 11) is 0. The number of nitrogens with zero attached hydrogens (tertiary/aromatic N) is 7. The van der Waals surface area contributed by atoms with Crippen molar-refractivity contribution in [2.75, 3.05) is 36.0 Å². The number of anilines is 2. The number of rotatable bonds is 3. The first kappa shape index (κ1) is 13.7. The lowest BCUT2D eigenvalue weighted by molar-refractivity contribution is 0.634. The lowest BCUT2D eigenvalue weighted by Crippen LogP contribution is -2.47. The molecule has 3 aromatic heterocycles. The average Bonchev–Trinajstić information content (AvgIpc) is 3.18. The summed E-state index contributed by atoms with van der Waals surface area (Å²) in [5.41, 5.74) is 0. The smallest absolute Gasteiger partial charge is 0.225 e. The Morgan fingerprint density at radius 2 is 1.52 bits per heavy atom. The molecular formula is C16H17N7. The highest BCUT2D eigenvalue weighted by atomic mass is 15.3. The van der Waals surface area contributed by atoms with Crippen molar-refractivity contribution in [2.45, 2.75) is 0 Å². The van der Waals surface area contributed by atoms with E-state index < -0.39 is 0 Å². The van der Waals surface area contributed by atoms with Crippen molar-refractivity contribution in [1.29, 1.82) is 0 Å². The third kappa shape index (κ3) is 2.85. The van der Waals surface area contributed by atoms with Crippen molar-refractivity contribution >= 4 is 11.8 Å². The van der Waals surface area contributed by atoms with E-state index >= 15 is 0 Å². The quantitative estimate of drug-likeness (QED) is 0.728. The maximum Gasteiger partial charge on any atom is 0.225 e. The minimum atomic E-state index is 0.798. The number of hydrogen-bond acceptors (Lipinski definition) is 6. The van der Waals surface area contributed by atoms with E-state index in [-0.39, 0.29) is 0 Å². The van der Waals surface area contributed by atoms with Crippen LogP contribution >= 0.6 is 0 Å². The Kier molecular flexibility index (Phi) is 3.59. The van der Waals surface area contributed by atoms with E-state index in [0.717, 1.165) is 43.8 Å². The molecule has 0 saturated carbocycles. The molecule has 3 aromatic rings. The fourth-order valence-corrected chi connectivity index (χ4v) is 2.72. The molecule has 1 saturated heterocycles. The van der Waals surface area contributed by atoms with Gasteiger partial charge in [-0.2, -0.15) is 0 Å². The molecule has 7 heteroatoms. The zero-order valence-electron chi connectivity index (χ0n) is 12.7. The van der Waals surface area contributed by atoms with Crippen molar-refractivity contribution < 1.29 is 0 Å². The van der Waals surface area contributed by atoms with Crippen LogP contribution in [0.5, 0.6) is 0 Å². The van der Waals surface area contributed by atoms with Gasteiger partial charge >= 0.3 is 0 Å².